The summed E-state index contributed by atoms with van der Waals surface area (Å²) in [6.45, 7) is 2.55. The van der Waals surface area contributed by atoms with E-state index in [0.29, 0.717) is 6.61 Å². The van der Waals surface area contributed by atoms with Crippen LogP contribution in [0.4, 0.5) is 0 Å². The van der Waals surface area contributed by atoms with Gasteiger partial charge in [-0.2, -0.15) is 0 Å². The number of hydrogen-bond acceptors (Lipinski definition) is 4. The Labute approximate surface area is 111 Å². The summed E-state index contributed by atoms with van der Waals surface area (Å²) in [6.07, 6.45) is 0. The number of methoxy groups -OCH3 is 1. The van der Waals surface area contributed by atoms with E-state index in [1.807, 2.05) is 42.6 Å². The Morgan fingerprint density at radius 2 is 2.11 bits per heavy atom. The van der Waals surface area contributed by atoms with Crippen LogP contribution in [0.1, 0.15) is 23.4 Å². The van der Waals surface area contributed by atoms with E-state index in [9.17, 15) is 0 Å². The molecule has 2 rings (SSSR count). The van der Waals surface area contributed by atoms with Gasteiger partial charge in [0.2, 0.25) is 0 Å². The normalized spacial score (nSPS) is 12.2. The molecule has 0 bridgehead atoms. The van der Waals surface area contributed by atoms with Crippen LogP contribution in [0.25, 0.3) is 0 Å². The van der Waals surface area contributed by atoms with Gasteiger partial charge in [-0.3, -0.25) is 0 Å². The lowest BCUT2D eigenvalue weighted by molar-refractivity contribution is 0.310. The summed E-state index contributed by atoms with van der Waals surface area (Å²) in [7, 11) is 1.64. The summed E-state index contributed by atoms with van der Waals surface area (Å²) in [4.78, 5) is 1.14. The molecule has 2 aromatic rings. The number of nitrogens with two attached hydrogens (primary N) is 1. The second-order valence-corrected chi connectivity index (χ2v) is 4.82. The van der Waals surface area contributed by atoms with Crippen LogP contribution in [-0.4, -0.2) is 13.7 Å². The first kappa shape index (κ1) is 12.9. The van der Waals surface area contributed by atoms with Crippen LogP contribution in [0.2, 0.25) is 0 Å². The molecule has 2 N–H and O–H groups in total. The molecule has 4 heteroatoms. The van der Waals surface area contributed by atoms with E-state index >= 15 is 0 Å². The zero-order valence-electron chi connectivity index (χ0n) is 10.6. The van der Waals surface area contributed by atoms with Crippen molar-refractivity contribution in [2.45, 2.75) is 13.0 Å². The fourth-order valence-electron chi connectivity index (χ4n) is 1.79. The smallest absolute Gasteiger partial charge is 0.161 e. The minimum absolute atomic E-state index is 0.116. The maximum Gasteiger partial charge on any atom is 0.161 e. The molecule has 0 aliphatic heterocycles. The van der Waals surface area contributed by atoms with Gasteiger partial charge in [0.25, 0.3) is 0 Å². The van der Waals surface area contributed by atoms with E-state index in [1.165, 1.54) is 0 Å². The van der Waals surface area contributed by atoms with Crippen LogP contribution in [0.5, 0.6) is 11.5 Å². The number of hydrogen-bond donors (Lipinski definition) is 1. The van der Waals surface area contributed by atoms with Crippen LogP contribution in [0, 0.1) is 0 Å². The summed E-state index contributed by atoms with van der Waals surface area (Å²) in [5, 5.41) is 2.03. The molecular formula is C14H17NO2S. The van der Waals surface area contributed by atoms with Crippen LogP contribution in [0.3, 0.4) is 0 Å². The van der Waals surface area contributed by atoms with Crippen LogP contribution in [-0.2, 0) is 0 Å². The van der Waals surface area contributed by atoms with Crippen LogP contribution >= 0.6 is 11.3 Å². The molecule has 1 aromatic carbocycles. The first-order valence-electron chi connectivity index (χ1n) is 5.86. The Bertz CT molecular complexity index is 497. The van der Waals surface area contributed by atoms with Crippen LogP contribution in [0.15, 0.2) is 35.7 Å². The fraction of sp³-hybridized carbons (Fsp3) is 0.286. The van der Waals surface area contributed by atoms with Gasteiger partial charge in [-0.05, 0) is 36.1 Å². The minimum atomic E-state index is -0.116. The highest BCUT2D eigenvalue weighted by atomic mass is 32.1. The molecule has 0 amide bonds. The molecule has 0 fully saturated rings. The van der Waals surface area contributed by atoms with Crippen LogP contribution < -0.4 is 15.2 Å². The Hall–Kier alpha value is -1.52. The quantitative estimate of drug-likeness (QED) is 0.901. The maximum absolute atomic E-state index is 6.23. The Kier molecular flexibility index (Phi) is 4.23. The summed E-state index contributed by atoms with van der Waals surface area (Å²) < 4.78 is 10.8. The second kappa shape index (κ2) is 5.89. The van der Waals surface area contributed by atoms with Gasteiger partial charge in [-0.15, -0.1) is 11.3 Å². The third-order valence-electron chi connectivity index (χ3n) is 2.70. The third kappa shape index (κ3) is 2.66. The lowest BCUT2D eigenvalue weighted by Crippen LogP contribution is -2.10. The van der Waals surface area contributed by atoms with Crippen molar-refractivity contribution in [2.24, 2.45) is 5.73 Å². The molecule has 96 valence electrons. The van der Waals surface area contributed by atoms with Crippen molar-refractivity contribution in [1.29, 1.82) is 0 Å². The molecule has 1 heterocycles. The lowest BCUT2D eigenvalue weighted by Gasteiger charge is -2.14. The maximum atomic E-state index is 6.23. The molecule has 0 aliphatic rings. The van der Waals surface area contributed by atoms with Crippen molar-refractivity contribution in [3.8, 4) is 11.5 Å². The highest BCUT2D eigenvalue weighted by Gasteiger charge is 2.13. The van der Waals surface area contributed by atoms with Gasteiger partial charge in [-0.25, -0.2) is 0 Å². The molecule has 0 unspecified atom stereocenters. The van der Waals surface area contributed by atoms with Crippen molar-refractivity contribution in [2.75, 3.05) is 13.7 Å². The molecule has 0 saturated carbocycles. The molecule has 3 nitrogen and oxygen atoms in total. The van der Waals surface area contributed by atoms with Gasteiger partial charge in [-0.1, -0.05) is 12.1 Å². The van der Waals surface area contributed by atoms with Crippen molar-refractivity contribution in [3.05, 3.63) is 46.2 Å². The van der Waals surface area contributed by atoms with E-state index in [0.717, 1.165) is 21.9 Å². The third-order valence-corrected chi connectivity index (χ3v) is 3.65. The summed E-state index contributed by atoms with van der Waals surface area (Å²) >= 11 is 1.66. The van der Waals surface area contributed by atoms with Gasteiger partial charge in [0.1, 0.15) is 0 Å². The number of thiophene rings is 1. The zero-order valence-corrected chi connectivity index (χ0v) is 11.4. The second-order valence-electron chi connectivity index (χ2n) is 3.84. The Balaban J connectivity index is 2.31. The Morgan fingerprint density at radius 1 is 1.28 bits per heavy atom. The largest absolute Gasteiger partial charge is 0.493 e. The highest BCUT2D eigenvalue weighted by Crippen LogP contribution is 2.32. The van der Waals surface area contributed by atoms with Crippen molar-refractivity contribution >= 4 is 11.3 Å². The average Bonchev–Trinajstić information content (AvgIpc) is 2.92. The SMILES string of the molecule is CCOc1cc([C@H](N)c2cccs2)ccc1OC. The number of benzene rings is 1. The molecule has 0 saturated heterocycles. The first-order valence-corrected chi connectivity index (χ1v) is 6.74. The molecule has 1 aromatic heterocycles. The monoisotopic (exact) mass is 263 g/mol. The van der Waals surface area contributed by atoms with Gasteiger partial charge in [0.15, 0.2) is 11.5 Å². The van der Waals surface area contributed by atoms with Crippen molar-refractivity contribution < 1.29 is 9.47 Å². The van der Waals surface area contributed by atoms with E-state index in [2.05, 4.69) is 0 Å². The zero-order chi connectivity index (χ0) is 13.0. The summed E-state index contributed by atoms with van der Waals surface area (Å²) in [5.41, 5.74) is 7.26. The molecular weight excluding hydrogens is 246 g/mol. The summed E-state index contributed by atoms with van der Waals surface area (Å²) in [5.74, 6) is 1.48. The van der Waals surface area contributed by atoms with E-state index in [1.54, 1.807) is 18.4 Å². The average molecular weight is 263 g/mol. The van der Waals surface area contributed by atoms with Gasteiger partial charge < -0.3 is 15.2 Å². The highest BCUT2D eigenvalue weighted by molar-refractivity contribution is 7.10. The van der Waals surface area contributed by atoms with Gasteiger partial charge in [0, 0.05) is 4.88 Å². The van der Waals surface area contributed by atoms with Crippen molar-refractivity contribution in [1.82, 2.24) is 0 Å². The first-order chi connectivity index (χ1) is 8.76. The predicted octanol–water partition coefficient (Wildman–Crippen LogP) is 3.20. The van der Waals surface area contributed by atoms with Crippen molar-refractivity contribution in [3.63, 3.8) is 0 Å². The molecule has 1 atom stereocenters. The predicted molar refractivity (Wildman–Crippen MR) is 74.5 cm³/mol. The lowest BCUT2D eigenvalue weighted by atomic mass is 10.1. The van der Waals surface area contributed by atoms with Gasteiger partial charge in [0.05, 0.1) is 19.8 Å². The number of rotatable bonds is 5. The van der Waals surface area contributed by atoms with E-state index < -0.39 is 0 Å². The molecule has 0 aliphatic carbocycles. The number of ether oxygens (including phenoxy) is 2. The standard InChI is InChI=1S/C14H17NO2S/c1-3-17-12-9-10(6-7-11(12)16-2)14(15)13-5-4-8-18-13/h4-9,14H,3,15H2,1-2H3/t14-/m0/s1. The fourth-order valence-corrected chi connectivity index (χ4v) is 2.54. The van der Waals surface area contributed by atoms with E-state index in [4.69, 9.17) is 15.2 Å². The summed E-state index contributed by atoms with van der Waals surface area (Å²) in [6, 6.07) is 9.76. The molecule has 0 spiro atoms. The molecule has 0 radical (unpaired) electrons. The van der Waals surface area contributed by atoms with Gasteiger partial charge >= 0.3 is 0 Å². The van der Waals surface area contributed by atoms with E-state index in [-0.39, 0.29) is 6.04 Å². The molecule has 18 heavy (non-hydrogen) atoms. The topological polar surface area (TPSA) is 44.5 Å². The minimum Gasteiger partial charge on any atom is -0.493 e. The Morgan fingerprint density at radius 3 is 2.72 bits per heavy atom.